The summed E-state index contributed by atoms with van der Waals surface area (Å²) in [5.74, 6) is 0. The fourth-order valence-electron chi connectivity index (χ4n) is 1.42. The predicted octanol–water partition coefficient (Wildman–Crippen LogP) is 3.77. The van der Waals surface area contributed by atoms with Crippen LogP contribution in [0.1, 0.15) is 18.4 Å². The second-order valence-corrected chi connectivity index (χ2v) is 4.12. The van der Waals surface area contributed by atoms with Gasteiger partial charge in [0.2, 0.25) is 0 Å². The molecule has 0 saturated carbocycles. The van der Waals surface area contributed by atoms with Crippen molar-refractivity contribution in [2.24, 2.45) is 0 Å². The van der Waals surface area contributed by atoms with Crippen molar-refractivity contribution in [2.45, 2.75) is 25.9 Å². The topological polar surface area (TPSA) is 21.3 Å². The molecule has 1 N–H and O–H groups in total. The van der Waals surface area contributed by atoms with Gasteiger partial charge in [0.1, 0.15) is 0 Å². The normalized spacial score (nSPS) is 11.6. The summed E-state index contributed by atoms with van der Waals surface area (Å²) in [5, 5.41) is 3.13. The highest BCUT2D eigenvalue weighted by molar-refractivity contribution is 5.44. The summed E-state index contributed by atoms with van der Waals surface area (Å²) in [6.07, 6.45) is -4.84. The van der Waals surface area contributed by atoms with Gasteiger partial charge in [0.15, 0.2) is 0 Å². The Hall–Kier alpha value is -1.23. The van der Waals surface area contributed by atoms with E-state index in [4.69, 9.17) is 4.74 Å². The first kappa shape index (κ1) is 14.8. The van der Waals surface area contributed by atoms with Crippen LogP contribution in [0.3, 0.4) is 0 Å². The molecule has 2 nitrogen and oxygen atoms in total. The number of hydrogen-bond donors (Lipinski definition) is 1. The zero-order chi connectivity index (χ0) is 13.4. The molecule has 1 aromatic carbocycles. The molecule has 1 rings (SSSR count). The van der Waals surface area contributed by atoms with Gasteiger partial charge >= 0.3 is 6.18 Å². The maximum atomic E-state index is 11.8. The maximum absolute atomic E-state index is 11.8. The lowest BCUT2D eigenvalue weighted by molar-refractivity contribution is -0.137. The SMILES string of the molecule is Cc1ccc(NCCOCCCC(F)(F)F)cc1. The molecule has 102 valence electrons. The van der Waals surface area contributed by atoms with Crippen LogP contribution in [0, 0.1) is 6.92 Å². The van der Waals surface area contributed by atoms with E-state index >= 15 is 0 Å². The molecule has 0 spiro atoms. The molecule has 1 aromatic rings. The van der Waals surface area contributed by atoms with Gasteiger partial charge in [0.05, 0.1) is 6.61 Å². The molecular formula is C13H18F3NO. The summed E-state index contributed by atoms with van der Waals surface area (Å²) >= 11 is 0. The minimum absolute atomic E-state index is 0.0219. The smallest absolute Gasteiger partial charge is 0.383 e. The molecule has 0 aromatic heterocycles. The second kappa shape index (κ2) is 7.26. The standard InChI is InChI=1S/C13H18F3NO/c1-11-3-5-12(6-4-11)17-8-10-18-9-2-7-13(14,15)16/h3-6,17H,2,7-10H2,1H3. The molecule has 0 atom stereocenters. The van der Waals surface area contributed by atoms with E-state index in [1.165, 1.54) is 5.56 Å². The molecule has 0 saturated heterocycles. The average molecular weight is 261 g/mol. The summed E-state index contributed by atoms with van der Waals surface area (Å²) in [5.41, 5.74) is 2.17. The van der Waals surface area contributed by atoms with Crippen molar-refractivity contribution in [3.8, 4) is 0 Å². The number of nitrogens with one attached hydrogen (secondary N) is 1. The third kappa shape index (κ3) is 7.17. The highest BCUT2D eigenvalue weighted by Gasteiger charge is 2.25. The Morgan fingerprint density at radius 2 is 1.78 bits per heavy atom. The quantitative estimate of drug-likeness (QED) is 0.754. The molecule has 0 aliphatic carbocycles. The zero-order valence-corrected chi connectivity index (χ0v) is 10.4. The van der Waals surface area contributed by atoms with E-state index in [1.807, 2.05) is 31.2 Å². The Balaban J connectivity index is 2.00. The first-order valence-electron chi connectivity index (χ1n) is 5.92. The van der Waals surface area contributed by atoms with E-state index < -0.39 is 12.6 Å². The summed E-state index contributed by atoms with van der Waals surface area (Å²) in [4.78, 5) is 0. The van der Waals surface area contributed by atoms with Crippen LogP contribution in [0.2, 0.25) is 0 Å². The summed E-state index contributed by atoms with van der Waals surface area (Å²) < 4.78 is 40.6. The predicted molar refractivity (Wildman–Crippen MR) is 65.8 cm³/mol. The van der Waals surface area contributed by atoms with Gasteiger partial charge in [-0.1, -0.05) is 17.7 Å². The van der Waals surface area contributed by atoms with Gasteiger partial charge in [-0.15, -0.1) is 0 Å². The highest BCUT2D eigenvalue weighted by Crippen LogP contribution is 2.20. The molecule has 0 amide bonds. The third-order valence-electron chi connectivity index (χ3n) is 2.38. The number of anilines is 1. The van der Waals surface area contributed by atoms with Gasteiger partial charge in [0, 0.05) is 25.3 Å². The number of aryl methyl sites for hydroxylation is 1. The Bertz CT molecular complexity index is 335. The van der Waals surface area contributed by atoms with Crippen molar-refractivity contribution in [1.29, 1.82) is 0 Å². The minimum Gasteiger partial charge on any atom is -0.383 e. The number of halogens is 3. The lowest BCUT2D eigenvalue weighted by Gasteiger charge is -2.08. The van der Waals surface area contributed by atoms with Crippen molar-refractivity contribution < 1.29 is 17.9 Å². The number of ether oxygens (including phenoxy) is 1. The van der Waals surface area contributed by atoms with E-state index in [2.05, 4.69) is 5.32 Å². The molecule has 0 unspecified atom stereocenters. The third-order valence-corrected chi connectivity index (χ3v) is 2.38. The maximum Gasteiger partial charge on any atom is 0.389 e. The van der Waals surface area contributed by atoms with Crippen molar-refractivity contribution in [3.05, 3.63) is 29.8 Å². The Labute approximate surface area is 105 Å². The Kier molecular flexibility index (Phi) is 5.98. The molecule has 0 bridgehead atoms. The average Bonchev–Trinajstić information content (AvgIpc) is 2.29. The van der Waals surface area contributed by atoms with Gasteiger partial charge in [-0.2, -0.15) is 13.2 Å². The first-order chi connectivity index (χ1) is 8.47. The molecule has 0 radical (unpaired) electrons. The highest BCUT2D eigenvalue weighted by atomic mass is 19.4. The minimum atomic E-state index is -4.08. The van der Waals surface area contributed by atoms with Crippen LogP contribution in [-0.4, -0.2) is 25.9 Å². The number of alkyl halides is 3. The van der Waals surface area contributed by atoms with Gasteiger partial charge in [-0.3, -0.25) is 0 Å². The van der Waals surface area contributed by atoms with Crippen molar-refractivity contribution in [1.82, 2.24) is 0 Å². The summed E-state index contributed by atoms with van der Waals surface area (Å²) in [7, 11) is 0. The molecule has 0 aliphatic heterocycles. The van der Waals surface area contributed by atoms with E-state index in [-0.39, 0.29) is 13.0 Å². The van der Waals surface area contributed by atoms with Gasteiger partial charge < -0.3 is 10.1 Å². The number of benzene rings is 1. The fourth-order valence-corrected chi connectivity index (χ4v) is 1.42. The molecule has 0 aliphatic rings. The molecule has 18 heavy (non-hydrogen) atoms. The second-order valence-electron chi connectivity index (χ2n) is 4.12. The Morgan fingerprint density at radius 1 is 1.11 bits per heavy atom. The lowest BCUT2D eigenvalue weighted by atomic mass is 10.2. The molecule has 0 fully saturated rings. The zero-order valence-electron chi connectivity index (χ0n) is 10.4. The molecule has 0 heterocycles. The number of rotatable bonds is 7. The Morgan fingerprint density at radius 3 is 2.39 bits per heavy atom. The van der Waals surface area contributed by atoms with Crippen LogP contribution in [0.5, 0.6) is 0 Å². The van der Waals surface area contributed by atoms with Crippen LogP contribution >= 0.6 is 0 Å². The fraction of sp³-hybridized carbons (Fsp3) is 0.538. The lowest BCUT2D eigenvalue weighted by Crippen LogP contribution is -2.12. The van der Waals surface area contributed by atoms with Gasteiger partial charge in [-0.05, 0) is 25.5 Å². The monoisotopic (exact) mass is 261 g/mol. The van der Waals surface area contributed by atoms with Gasteiger partial charge in [0.25, 0.3) is 0 Å². The van der Waals surface area contributed by atoms with Crippen LogP contribution in [0.4, 0.5) is 18.9 Å². The van der Waals surface area contributed by atoms with Crippen molar-refractivity contribution >= 4 is 5.69 Å². The van der Waals surface area contributed by atoms with Gasteiger partial charge in [-0.25, -0.2) is 0 Å². The van der Waals surface area contributed by atoms with Crippen LogP contribution in [0.25, 0.3) is 0 Å². The van der Waals surface area contributed by atoms with E-state index in [1.54, 1.807) is 0 Å². The van der Waals surface area contributed by atoms with Crippen LogP contribution in [-0.2, 0) is 4.74 Å². The van der Waals surface area contributed by atoms with E-state index in [0.29, 0.717) is 13.2 Å². The van der Waals surface area contributed by atoms with Crippen molar-refractivity contribution in [2.75, 3.05) is 25.1 Å². The van der Waals surface area contributed by atoms with Crippen molar-refractivity contribution in [3.63, 3.8) is 0 Å². The van der Waals surface area contributed by atoms with E-state index in [9.17, 15) is 13.2 Å². The van der Waals surface area contributed by atoms with Crippen LogP contribution in [0.15, 0.2) is 24.3 Å². The summed E-state index contributed by atoms with van der Waals surface area (Å²) in [6.45, 7) is 3.16. The van der Waals surface area contributed by atoms with Crippen LogP contribution < -0.4 is 5.32 Å². The largest absolute Gasteiger partial charge is 0.389 e. The first-order valence-corrected chi connectivity index (χ1v) is 5.92. The van der Waals surface area contributed by atoms with E-state index in [0.717, 1.165) is 5.69 Å². The number of hydrogen-bond acceptors (Lipinski definition) is 2. The molecule has 5 heteroatoms. The summed E-state index contributed by atoms with van der Waals surface area (Å²) in [6, 6.07) is 7.90. The molecular weight excluding hydrogens is 243 g/mol.